The van der Waals surface area contributed by atoms with Gasteiger partial charge in [0.05, 0.1) is 6.54 Å². The van der Waals surface area contributed by atoms with E-state index in [0.717, 1.165) is 0 Å². The Morgan fingerprint density at radius 1 is 1.32 bits per heavy atom. The van der Waals surface area contributed by atoms with Crippen LogP contribution in [-0.4, -0.2) is 30.8 Å². The van der Waals surface area contributed by atoms with Gasteiger partial charge < -0.3 is 15.8 Å². The van der Waals surface area contributed by atoms with Crippen molar-refractivity contribution >= 4 is 5.91 Å². The fraction of sp³-hybridized carbons (Fsp3) is 0.417. The summed E-state index contributed by atoms with van der Waals surface area (Å²) < 4.78 is 42.5. The first-order valence-electron chi connectivity index (χ1n) is 5.57. The molecule has 3 N–H and O–H groups in total. The number of carbonyl (C=O) groups is 1. The number of rotatable bonds is 5. The van der Waals surface area contributed by atoms with Crippen molar-refractivity contribution in [3.05, 3.63) is 30.3 Å². The largest absolute Gasteiger partial charge is 0.492 e. The van der Waals surface area contributed by atoms with Gasteiger partial charge in [0.1, 0.15) is 12.4 Å². The van der Waals surface area contributed by atoms with Gasteiger partial charge in [-0.3, -0.25) is 4.79 Å². The molecule has 1 unspecified atom stereocenters. The number of hydrogen-bond acceptors (Lipinski definition) is 3. The molecule has 19 heavy (non-hydrogen) atoms. The Morgan fingerprint density at radius 3 is 2.42 bits per heavy atom. The summed E-state index contributed by atoms with van der Waals surface area (Å²) in [6, 6.07) is 8.72. The van der Waals surface area contributed by atoms with Crippen LogP contribution in [0.25, 0.3) is 0 Å². The highest BCUT2D eigenvalue weighted by molar-refractivity contribution is 5.86. The molecule has 0 spiro atoms. The van der Waals surface area contributed by atoms with Crippen molar-refractivity contribution in [1.29, 1.82) is 0 Å². The van der Waals surface area contributed by atoms with Crippen molar-refractivity contribution < 1.29 is 22.7 Å². The van der Waals surface area contributed by atoms with Crippen molar-refractivity contribution in [3.63, 3.8) is 0 Å². The fourth-order valence-corrected chi connectivity index (χ4v) is 1.16. The van der Waals surface area contributed by atoms with Crippen LogP contribution in [0.4, 0.5) is 13.2 Å². The van der Waals surface area contributed by atoms with Crippen LogP contribution in [0.2, 0.25) is 0 Å². The molecule has 0 saturated carbocycles. The maximum atomic E-state index is 12.4. The van der Waals surface area contributed by atoms with Gasteiger partial charge in [-0.25, -0.2) is 0 Å². The van der Waals surface area contributed by atoms with Crippen LogP contribution in [0.5, 0.6) is 5.75 Å². The van der Waals surface area contributed by atoms with Gasteiger partial charge in [0.15, 0.2) is 5.54 Å². The van der Waals surface area contributed by atoms with Crippen molar-refractivity contribution in [2.45, 2.75) is 18.6 Å². The van der Waals surface area contributed by atoms with Crippen molar-refractivity contribution in [2.75, 3.05) is 13.2 Å². The minimum Gasteiger partial charge on any atom is -0.492 e. The molecule has 0 heterocycles. The predicted molar refractivity (Wildman–Crippen MR) is 63.6 cm³/mol. The van der Waals surface area contributed by atoms with Crippen LogP contribution in [0.15, 0.2) is 30.3 Å². The third-order valence-corrected chi connectivity index (χ3v) is 2.46. The number of alkyl halides is 3. The van der Waals surface area contributed by atoms with Gasteiger partial charge >= 0.3 is 6.18 Å². The van der Waals surface area contributed by atoms with Gasteiger partial charge in [0, 0.05) is 0 Å². The van der Waals surface area contributed by atoms with Crippen LogP contribution in [0.1, 0.15) is 6.92 Å². The van der Waals surface area contributed by atoms with E-state index in [1.54, 1.807) is 30.3 Å². The van der Waals surface area contributed by atoms with Crippen LogP contribution in [-0.2, 0) is 4.79 Å². The predicted octanol–water partition coefficient (Wildman–Crippen LogP) is 1.46. The Labute approximate surface area is 108 Å². The molecule has 1 aromatic rings. The highest BCUT2D eigenvalue weighted by atomic mass is 19.4. The van der Waals surface area contributed by atoms with E-state index in [0.29, 0.717) is 12.7 Å². The Balaban J connectivity index is 2.36. The second-order valence-corrected chi connectivity index (χ2v) is 4.12. The average molecular weight is 276 g/mol. The molecule has 0 aliphatic carbocycles. The van der Waals surface area contributed by atoms with Crippen LogP contribution < -0.4 is 15.8 Å². The van der Waals surface area contributed by atoms with E-state index in [-0.39, 0.29) is 13.2 Å². The molecular weight excluding hydrogens is 261 g/mol. The Hall–Kier alpha value is -1.76. The zero-order valence-corrected chi connectivity index (χ0v) is 10.3. The highest BCUT2D eigenvalue weighted by Gasteiger charge is 2.53. The first-order chi connectivity index (χ1) is 8.75. The minimum absolute atomic E-state index is 0.0589. The van der Waals surface area contributed by atoms with Gasteiger partial charge in [-0.05, 0) is 19.1 Å². The zero-order valence-electron chi connectivity index (χ0n) is 10.3. The van der Waals surface area contributed by atoms with Gasteiger partial charge in [0.25, 0.3) is 0 Å². The molecule has 0 fully saturated rings. The molecule has 0 aliphatic rings. The molecular formula is C12H15F3N2O2. The number of nitrogens with one attached hydrogen (secondary N) is 1. The Morgan fingerprint density at radius 2 is 1.89 bits per heavy atom. The molecule has 7 heteroatoms. The summed E-state index contributed by atoms with van der Waals surface area (Å²) in [6.45, 7) is 0.626. The maximum Gasteiger partial charge on any atom is 0.415 e. The smallest absolute Gasteiger partial charge is 0.415 e. The topological polar surface area (TPSA) is 64.4 Å². The zero-order chi connectivity index (χ0) is 14.5. The average Bonchev–Trinajstić information content (AvgIpc) is 2.34. The van der Waals surface area contributed by atoms with E-state index in [9.17, 15) is 18.0 Å². The lowest BCUT2D eigenvalue weighted by molar-refractivity contribution is -0.187. The standard InChI is InChI=1S/C12H15F3N2O2/c1-11(16,12(13,14)15)10(18)17-7-8-19-9-5-3-2-4-6-9/h2-6H,7-8,16H2,1H3,(H,17,18). The number of nitrogens with two attached hydrogens (primary N) is 1. The van der Waals surface area contributed by atoms with Crippen molar-refractivity contribution in [2.24, 2.45) is 5.73 Å². The number of para-hydroxylation sites is 1. The molecule has 0 aliphatic heterocycles. The lowest BCUT2D eigenvalue weighted by atomic mass is 10.0. The summed E-state index contributed by atoms with van der Waals surface area (Å²) in [5, 5.41) is 2.09. The van der Waals surface area contributed by atoms with Crippen LogP contribution in [0.3, 0.4) is 0 Å². The molecule has 1 aromatic carbocycles. The highest BCUT2D eigenvalue weighted by Crippen LogP contribution is 2.27. The summed E-state index contributed by atoms with van der Waals surface area (Å²) in [5.41, 5.74) is 2.05. The number of carbonyl (C=O) groups excluding carboxylic acids is 1. The van der Waals surface area contributed by atoms with E-state index >= 15 is 0 Å². The molecule has 0 saturated heterocycles. The second kappa shape index (κ2) is 5.92. The summed E-state index contributed by atoms with van der Waals surface area (Å²) in [4.78, 5) is 11.3. The van der Waals surface area contributed by atoms with Crippen molar-refractivity contribution in [1.82, 2.24) is 5.32 Å². The molecule has 1 rings (SSSR count). The van der Waals surface area contributed by atoms with E-state index in [1.165, 1.54) is 0 Å². The second-order valence-electron chi connectivity index (χ2n) is 4.12. The lowest BCUT2D eigenvalue weighted by Crippen LogP contribution is -2.61. The number of benzene rings is 1. The molecule has 106 valence electrons. The summed E-state index contributed by atoms with van der Waals surface area (Å²) >= 11 is 0. The van der Waals surface area contributed by atoms with E-state index in [1.807, 2.05) is 0 Å². The Bertz CT molecular complexity index is 419. The SMILES string of the molecule is CC(N)(C(=O)NCCOc1ccccc1)C(F)(F)F. The quantitative estimate of drug-likeness (QED) is 0.800. The molecule has 0 radical (unpaired) electrons. The fourth-order valence-electron chi connectivity index (χ4n) is 1.16. The van der Waals surface area contributed by atoms with Crippen LogP contribution >= 0.6 is 0 Å². The summed E-state index contributed by atoms with van der Waals surface area (Å²) in [7, 11) is 0. The summed E-state index contributed by atoms with van der Waals surface area (Å²) in [6.07, 6.45) is -4.79. The number of halogens is 3. The van der Waals surface area contributed by atoms with Crippen molar-refractivity contribution in [3.8, 4) is 5.75 Å². The first kappa shape index (κ1) is 15.3. The number of hydrogen-bond donors (Lipinski definition) is 2. The molecule has 0 aromatic heterocycles. The van der Waals surface area contributed by atoms with Crippen LogP contribution in [0, 0.1) is 0 Å². The molecule has 0 bridgehead atoms. The first-order valence-corrected chi connectivity index (χ1v) is 5.57. The van der Waals surface area contributed by atoms with E-state index < -0.39 is 17.6 Å². The summed E-state index contributed by atoms with van der Waals surface area (Å²) in [5.74, 6) is -0.709. The van der Waals surface area contributed by atoms with E-state index in [4.69, 9.17) is 10.5 Å². The monoisotopic (exact) mass is 276 g/mol. The molecule has 1 atom stereocenters. The lowest BCUT2D eigenvalue weighted by Gasteiger charge is -2.26. The van der Waals surface area contributed by atoms with Gasteiger partial charge in [-0.1, -0.05) is 18.2 Å². The minimum atomic E-state index is -4.79. The Kier molecular flexibility index (Phi) is 4.77. The normalized spacial score (nSPS) is 14.6. The number of amides is 1. The third kappa shape index (κ3) is 4.13. The van der Waals surface area contributed by atoms with Gasteiger partial charge in [-0.15, -0.1) is 0 Å². The van der Waals surface area contributed by atoms with Gasteiger partial charge in [-0.2, -0.15) is 13.2 Å². The maximum absolute atomic E-state index is 12.4. The molecule has 4 nitrogen and oxygen atoms in total. The molecule has 1 amide bonds. The van der Waals surface area contributed by atoms with Gasteiger partial charge in [0.2, 0.25) is 5.91 Å². The van der Waals surface area contributed by atoms with E-state index in [2.05, 4.69) is 5.32 Å². The number of ether oxygens (including phenoxy) is 1. The third-order valence-electron chi connectivity index (χ3n) is 2.46.